The average Bonchev–Trinajstić information content (AvgIpc) is 2.74. The predicted molar refractivity (Wildman–Crippen MR) is 106 cm³/mol. The Morgan fingerprint density at radius 1 is 1.17 bits per heavy atom. The van der Waals surface area contributed by atoms with Crippen LogP contribution in [0.3, 0.4) is 0 Å². The molecule has 0 saturated heterocycles. The largest absolute Gasteiger partial charge is 0.491 e. The minimum atomic E-state index is -4.31. The number of alkyl halides is 1. The topological polar surface area (TPSA) is 95.9 Å². The first-order valence-corrected chi connectivity index (χ1v) is 10.4. The van der Waals surface area contributed by atoms with E-state index in [1.54, 1.807) is 30.3 Å². The number of nitrogens with one attached hydrogen (secondary N) is 1. The van der Waals surface area contributed by atoms with Crippen LogP contribution < -0.4 is 10.2 Å². The Kier molecular flexibility index (Phi) is 8.46. The lowest BCUT2D eigenvalue weighted by atomic mass is 10.1. The van der Waals surface area contributed by atoms with Crippen molar-refractivity contribution in [2.75, 3.05) is 13.3 Å². The van der Waals surface area contributed by atoms with E-state index < -0.39 is 40.9 Å². The second-order valence-electron chi connectivity index (χ2n) is 6.26. The molecule has 0 saturated carbocycles. The summed E-state index contributed by atoms with van der Waals surface area (Å²) in [4.78, 5) is 12.0. The van der Waals surface area contributed by atoms with Crippen molar-refractivity contribution in [3.05, 3.63) is 72.6 Å². The van der Waals surface area contributed by atoms with Crippen molar-refractivity contribution < 1.29 is 31.9 Å². The second kappa shape index (κ2) is 10.8. The quantitative estimate of drug-likeness (QED) is 0.414. The van der Waals surface area contributed by atoms with Crippen molar-refractivity contribution in [1.29, 1.82) is 0 Å². The van der Waals surface area contributed by atoms with E-state index in [0.717, 1.165) is 4.31 Å². The van der Waals surface area contributed by atoms with E-state index in [1.165, 1.54) is 29.7 Å². The smallest absolute Gasteiger partial charge is 0.262 e. The van der Waals surface area contributed by atoms with Crippen LogP contribution in [-0.4, -0.2) is 43.2 Å². The van der Waals surface area contributed by atoms with Crippen molar-refractivity contribution in [2.45, 2.75) is 23.9 Å². The van der Waals surface area contributed by atoms with Gasteiger partial charge >= 0.3 is 0 Å². The molecular formula is C20H22F2N2O5S. The number of ether oxygens (including phenoxy) is 1. The summed E-state index contributed by atoms with van der Waals surface area (Å²) in [7, 11) is -4.31. The summed E-state index contributed by atoms with van der Waals surface area (Å²) in [5.41, 5.74) is 1.93. The van der Waals surface area contributed by atoms with Gasteiger partial charge in [0.1, 0.15) is 25.1 Å². The molecule has 0 fully saturated rings. The normalized spacial score (nSPS) is 12.4. The Morgan fingerprint density at radius 3 is 2.33 bits per heavy atom. The van der Waals surface area contributed by atoms with Gasteiger partial charge in [-0.05, 0) is 29.8 Å². The third-order valence-electron chi connectivity index (χ3n) is 4.13. The van der Waals surface area contributed by atoms with Gasteiger partial charge in [-0.1, -0.05) is 36.9 Å². The summed E-state index contributed by atoms with van der Waals surface area (Å²) in [5.74, 6) is -1.76. The highest BCUT2D eigenvalue weighted by Crippen LogP contribution is 2.26. The zero-order chi connectivity index (χ0) is 22.1. The van der Waals surface area contributed by atoms with Gasteiger partial charge in [-0.25, -0.2) is 22.7 Å². The summed E-state index contributed by atoms with van der Waals surface area (Å²) in [6.45, 7) is 1.97. The molecule has 0 bridgehead atoms. The zero-order valence-electron chi connectivity index (χ0n) is 16.0. The van der Waals surface area contributed by atoms with Crippen molar-refractivity contribution in [3.8, 4) is 5.75 Å². The Balaban J connectivity index is 2.47. The van der Waals surface area contributed by atoms with Crippen LogP contribution in [0, 0.1) is 0 Å². The fraction of sp³-hybridized carbons (Fsp3) is 0.250. The fourth-order valence-electron chi connectivity index (χ4n) is 2.74. The summed E-state index contributed by atoms with van der Waals surface area (Å²) < 4.78 is 58.3. The Labute approximate surface area is 173 Å². The molecule has 0 aliphatic heterocycles. The maximum Gasteiger partial charge on any atom is 0.262 e. The summed E-state index contributed by atoms with van der Waals surface area (Å²) >= 11 is 0. The van der Waals surface area contributed by atoms with Gasteiger partial charge in [0.25, 0.3) is 5.91 Å². The van der Waals surface area contributed by atoms with E-state index in [0.29, 0.717) is 5.56 Å². The van der Waals surface area contributed by atoms with Crippen molar-refractivity contribution in [2.24, 2.45) is 0 Å². The van der Waals surface area contributed by atoms with Crippen molar-refractivity contribution >= 4 is 15.9 Å². The van der Waals surface area contributed by atoms with Crippen LogP contribution in [-0.2, 0) is 21.4 Å². The molecule has 7 nitrogen and oxygen atoms in total. The first-order chi connectivity index (χ1) is 14.3. The number of halogens is 2. The van der Waals surface area contributed by atoms with Gasteiger partial charge in [-0.2, -0.15) is 4.31 Å². The monoisotopic (exact) mass is 440 g/mol. The fourth-order valence-corrected chi connectivity index (χ4v) is 4.31. The van der Waals surface area contributed by atoms with Crippen LogP contribution in [0.25, 0.3) is 0 Å². The molecule has 0 aromatic heterocycles. The van der Waals surface area contributed by atoms with Crippen LogP contribution in [0.2, 0.25) is 0 Å². The second-order valence-corrected chi connectivity index (χ2v) is 8.15. The van der Waals surface area contributed by atoms with Gasteiger partial charge in [-0.3, -0.25) is 10.0 Å². The maximum atomic E-state index is 13.6. The number of amides is 1. The standard InChI is InChI=1S/C20H22F2N2O5S/c1-15(22)13-19(20(25)23-26)24(14-16-5-3-2-4-6-16)30(27,28)18-9-7-17(8-10-18)29-12-11-21/h2-10,19,26H,1,11-14H2,(H,23,25)/t19-/m1/s1. The predicted octanol–water partition coefficient (Wildman–Crippen LogP) is 2.97. The molecular weight excluding hydrogens is 418 g/mol. The highest BCUT2D eigenvalue weighted by molar-refractivity contribution is 7.89. The molecule has 2 N–H and O–H groups in total. The zero-order valence-corrected chi connectivity index (χ0v) is 16.8. The van der Waals surface area contributed by atoms with Crippen LogP contribution in [0.1, 0.15) is 12.0 Å². The van der Waals surface area contributed by atoms with Gasteiger partial charge in [-0.15, -0.1) is 0 Å². The number of hydrogen-bond donors (Lipinski definition) is 2. The molecule has 162 valence electrons. The molecule has 0 heterocycles. The minimum Gasteiger partial charge on any atom is -0.491 e. The number of hydrogen-bond acceptors (Lipinski definition) is 5. The molecule has 0 aliphatic rings. The molecule has 2 rings (SSSR count). The van der Waals surface area contributed by atoms with E-state index in [4.69, 9.17) is 9.94 Å². The third-order valence-corrected chi connectivity index (χ3v) is 6.00. The van der Waals surface area contributed by atoms with Crippen LogP contribution in [0.15, 0.2) is 71.9 Å². The van der Waals surface area contributed by atoms with Crippen LogP contribution in [0.4, 0.5) is 8.78 Å². The Bertz CT molecular complexity index is 953. The first kappa shape index (κ1) is 23.5. The van der Waals surface area contributed by atoms with Gasteiger partial charge in [0.2, 0.25) is 10.0 Å². The molecule has 30 heavy (non-hydrogen) atoms. The number of benzene rings is 2. The van der Waals surface area contributed by atoms with Gasteiger partial charge in [0.05, 0.1) is 10.7 Å². The Morgan fingerprint density at radius 2 is 1.80 bits per heavy atom. The summed E-state index contributed by atoms with van der Waals surface area (Å²) in [6.07, 6.45) is -0.643. The molecule has 2 aromatic rings. The lowest BCUT2D eigenvalue weighted by Crippen LogP contribution is -2.48. The number of hydroxylamine groups is 1. The number of sulfonamides is 1. The molecule has 0 spiro atoms. The van der Waals surface area contributed by atoms with Gasteiger partial charge < -0.3 is 4.74 Å². The van der Waals surface area contributed by atoms with Crippen LogP contribution in [0.5, 0.6) is 5.75 Å². The van der Waals surface area contributed by atoms with Crippen molar-refractivity contribution in [3.63, 3.8) is 0 Å². The van der Waals surface area contributed by atoms with Gasteiger partial charge in [0.15, 0.2) is 0 Å². The van der Waals surface area contributed by atoms with E-state index in [-0.39, 0.29) is 23.8 Å². The van der Waals surface area contributed by atoms with Crippen LogP contribution >= 0.6 is 0 Å². The van der Waals surface area contributed by atoms with Crippen molar-refractivity contribution in [1.82, 2.24) is 9.79 Å². The summed E-state index contributed by atoms with van der Waals surface area (Å²) in [6, 6.07) is 12.0. The van der Waals surface area contributed by atoms with Gasteiger partial charge in [0, 0.05) is 13.0 Å². The van der Waals surface area contributed by atoms with E-state index >= 15 is 0 Å². The molecule has 0 unspecified atom stereocenters. The number of carbonyl (C=O) groups excluding carboxylic acids is 1. The van der Waals surface area contributed by atoms with E-state index in [1.807, 2.05) is 0 Å². The van der Waals surface area contributed by atoms with E-state index in [2.05, 4.69) is 6.58 Å². The Hall–Kier alpha value is -2.82. The lowest BCUT2D eigenvalue weighted by Gasteiger charge is -2.29. The molecule has 1 atom stereocenters. The highest BCUT2D eigenvalue weighted by Gasteiger charge is 2.36. The highest BCUT2D eigenvalue weighted by atomic mass is 32.2. The average molecular weight is 440 g/mol. The molecule has 1 amide bonds. The molecule has 0 aliphatic carbocycles. The van der Waals surface area contributed by atoms with E-state index in [9.17, 15) is 22.0 Å². The molecule has 0 radical (unpaired) electrons. The lowest BCUT2D eigenvalue weighted by molar-refractivity contribution is -0.133. The number of carbonyl (C=O) groups is 1. The first-order valence-electron chi connectivity index (χ1n) is 8.91. The number of rotatable bonds is 11. The molecule has 2 aromatic carbocycles. The minimum absolute atomic E-state index is 0.177. The SMILES string of the molecule is C=C(F)C[C@H](C(=O)NO)N(Cc1ccccc1)S(=O)(=O)c1ccc(OCCF)cc1. The molecule has 10 heteroatoms. The number of nitrogens with zero attached hydrogens (tertiary/aromatic N) is 1. The summed E-state index contributed by atoms with van der Waals surface area (Å²) in [5, 5.41) is 9.07. The maximum absolute atomic E-state index is 13.6. The third kappa shape index (κ3) is 6.09.